The number of anilines is 1. The molecule has 2 rings (SSSR count). The highest BCUT2D eigenvalue weighted by atomic mass is 32.1. The number of aliphatic carboxylic acids is 1. The van der Waals surface area contributed by atoms with Crippen molar-refractivity contribution in [2.24, 2.45) is 0 Å². The summed E-state index contributed by atoms with van der Waals surface area (Å²) in [5, 5.41) is 19.1. The number of nitrogens with zero attached hydrogens (tertiary/aromatic N) is 1. The lowest BCUT2D eigenvalue weighted by Crippen LogP contribution is -1.99. The van der Waals surface area contributed by atoms with E-state index in [2.05, 4.69) is 15.5 Å². The van der Waals surface area contributed by atoms with Crippen LogP contribution in [0.1, 0.15) is 21.1 Å². The van der Waals surface area contributed by atoms with Gasteiger partial charge >= 0.3 is 5.97 Å². The predicted octanol–water partition coefficient (Wildman–Crippen LogP) is 2.33. The zero-order chi connectivity index (χ0) is 13.1. The Bertz CT molecular complexity index is 540. The molecule has 96 valence electrons. The lowest BCUT2D eigenvalue weighted by molar-refractivity contribution is -0.136. The molecule has 0 aromatic carbocycles. The fourth-order valence-corrected chi connectivity index (χ4v) is 2.70. The molecule has 0 spiro atoms. The molecule has 0 saturated heterocycles. The van der Waals surface area contributed by atoms with Gasteiger partial charge in [-0.2, -0.15) is 5.10 Å². The molecule has 0 aliphatic rings. The summed E-state index contributed by atoms with van der Waals surface area (Å²) in [5.74, 6) is -0.794. The fourth-order valence-electron chi connectivity index (χ4n) is 1.75. The van der Waals surface area contributed by atoms with Gasteiger partial charge in [-0.05, 0) is 26.0 Å². The number of hydrogen-bond acceptors (Lipinski definition) is 4. The van der Waals surface area contributed by atoms with E-state index < -0.39 is 5.97 Å². The summed E-state index contributed by atoms with van der Waals surface area (Å²) in [5.41, 5.74) is 2.97. The van der Waals surface area contributed by atoms with Crippen molar-refractivity contribution in [3.05, 3.63) is 33.3 Å². The minimum absolute atomic E-state index is 0.0917. The van der Waals surface area contributed by atoms with Crippen molar-refractivity contribution in [3.63, 3.8) is 0 Å². The molecule has 2 aromatic rings. The second kappa shape index (κ2) is 5.22. The highest BCUT2D eigenvalue weighted by Gasteiger charge is 2.07. The minimum atomic E-state index is -0.794. The van der Waals surface area contributed by atoms with Gasteiger partial charge < -0.3 is 10.4 Å². The van der Waals surface area contributed by atoms with Crippen LogP contribution in [0.3, 0.4) is 0 Å². The molecule has 6 heteroatoms. The number of carboxylic acids is 1. The Balaban J connectivity index is 1.98. The Morgan fingerprint density at radius 1 is 1.44 bits per heavy atom. The first-order valence-electron chi connectivity index (χ1n) is 5.61. The number of carbonyl (C=O) groups is 1. The highest BCUT2D eigenvalue weighted by Crippen LogP contribution is 2.21. The lowest BCUT2D eigenvalue weighted by Gasteiger charge is -2.04. The number of aromatic nitrogens is 2. The van der Waals surface area contributed by atoms with Gasteiger partial charge in [-0.1, -0.05) is 0 Å². The van der Waals surface area contributed by atoms with Crippen LogP contribution in [-0.4, -0.2) is 21.3 Å². The Kier molecular flexibility index (Phi) is 3.66. The van der Waals surface area contributed by atoms with Gasteiger partial charge in [0.05, 0.1) is 23.5 Å². The van der Waals surface area contributed by atoms with Gasteiger partial charge in [0.15, 0.2) is 0 Å². The summed E-state index contributed by atoms with van der Waals surface area (Å²) in [6.07, 6.45) is 0.0917. The van der Waals surface area contributed by atoms with Crippen molar-refractivity contribution in [3.8, 4) is 0 Å². The monoisotopic (exact) mass is 265 g/mol. The average molecular weight is 265 g/mol. The van der Waals surface area contributed by atoms with Crippen LogP contribution >= 0.6 is 11.3 Å². The molecule has 5 nitrogen and oxygen atoms in total. The Morgan fingerprint density at radius 3 is 2.78 bits per heavy atom. The maximum atomic E-state index is 10.6. The van der Waals surface area contributed by atoms with Crippen molar-refractivity contribution >= 4 is 23.0 Å². The number of aromatic amines is 1. The molecule has 3 N–H and O–H groups in total. The van der Waals surface area contributed by atoms with Crippen LogP contribution in [0.25, 0.3) is 0 Å². The Labute approximate surface area is 109 Å². The molecule has 2 aromatic heterocycles. The van der Waals surface area contributed by atoms with Crippen molar-refractivity contribution < 1.29 is 9.90 Å². The molecule has 0 amide bonds. The van der Waals surface area contributed by atoms with Crippen molar-refractivity contribution in [1.29, 1.82) is 0 Å². The van der Waals surface area contributed by atoms with Crippen molar-refractivity contribution in [2.75, 3.05) is 5.32 Å². The number of H-pyrrole nitrogens is 1. The zero-order valence-electron chi connectivity index (χ0n) is 10.3. The van der Waals surface area contributed by atoms with Crippen LogP contribution in [-0.2, 0) is 17.8 Å². The van der Waals surface area contributed by atoms with Crippen LogP contribution in [0.4, 0.5) is 5.69 Å². The first-order chi connectivity index (χ1) is 8.56. The number of nitrogens with one attached hydrogen (secondary N) is 2. The first-order valence-corrected chi connectivity index (χ1v) is 6.42. The standard InChI is InChI=1S/C12H15N3O2S/c1-7-12(8(2)15-14-7)13-6-10-4-3-9(18-10)5-11(16)17/h3-4,13H,5-6H2,1-2H3,(H,14,15)(H,16,17). The minimum Gasteiger partial charge on any atom is -0.481 e. The van der Waals surface area contributed by atoms with Crippen LogP contribution in [0.15, 0.2) is 12.1 Å². The molecular formula is C12H15N3O2S. The summed E-state index contributed by atoms with van der Waals surface area (Å²) in [4.78, 5) is 12.6. The number of rotatable bonds is 5. The number of thiophene rings is 1. The van der Waals surface area contributed by atoms with Crippen LogP contribution in [0.5, 0.6) is 0 Å². The quantitative estimate of drug-likeness (QED) is 0.775. The average Bonchev–Trinajstić information content (AvgIpc) is 2.84. The van der Waals surface area contributed by atoms with E-state index >= 15 is 0 Å². The lowest BCUT2D eigenvalue weighted by atomic mass is 10.3. The second-order valence-electron chi connectivity index (χ2n) is 4.10. The Hall–Kier alpha value is -1.82. The molecule has 0 aliphatic heterocycles. The third-order valence-corrected chi connectivity index (χ3v) is 3.70. The topological polar surface area (TPSA) is 78.0 Å². The van der Waals surface area contributed by atoms with Gasteiger partial charge in [-0.15, -0.1) is 11.3 Å². The molecule has 0 saturated carbocycles. The number of carboxylic acid groups (broad SMARTS) is 1. The van der Waals surface area contributed by atoms with Gasteiger partial charge in [0, 0.05) is 16.3 Å². The van der Waals surface area contributed by atoms with Crippen LogP contribution < -0.4 is 5.32 Å². The van der Waals surface area contributed by atoms with E-state index in [-0.39, 0.29) is 6.42 Å². The molecule has 0 bridgehead atoms. The zero-order valence-corrected chi connectivity index (χ0v) is 11.1. The molecule has 0 unspecified atom stereocenters. The van der Waals surface area contributed by atoms with E-state index in [0.717, 1.165) is 26.8 Å². The number of aryl methyl sites for hydroxylation is 2. The van der Waals surface area contributed by atoms with Gasteiger partial charge in [-0.25, -0.2) is 0 Å². The Morgan fingerprint density at radius 2 is 2.17 bits per heavy atom. The van der Waals surface area contributed by atoms with Crippen molar-refractivity contribution in [2.45, 2.75) is 26.8 Å². The second-order valence-corrected chi connectivity index (χ2v) is 5.35. The molecule has 18 heavy (non-hydrogen) atoms. The van der Waals surface area contributed by atoms with Crippen LogP contribution in [0, 0.1) is 13.8 Å². The van der Waals surface area contributed by atoms with E-state index in [1.165, 1.54) is 11.3 Å². The third-order valence-electron chi connectivity index (χ3n) is 2.61. The first kappa shape index (κ1) is 12.6. The van der Waals surface area contributed by atoms with Gasteiger partial charge in [0.1, 0.15) is 0 Å². The predicted molar refractivity (Wildman–Crippen MR) is 71.0 cm³/mol. The SMILES string of the molecule is Cc1n[nH]c(C)c1NCc1ccc(CC(=O)O)s1. The van der Waals surface area contributed by atoms with E-state index in [0.29, 0.717) is 6.54 Å². The maximum absolute atomic E-state index is 10.6. The maximum Gasteiger partial charge on any atom is 0.308 e. The smallest absolute Gasteiger partial charge is 0.308 e. The van der Waals surface area contributed by atoms with Crippen LogP contribution in [0.2, 0.25) is 0 Å². The molecular weight excluding hydrogens is 250 g/mol. The van der Waals surface area contributed by atoms with Gasteiger partial charge in [-0.3, -0.25) is 9.89 Å². The van der Waals surface area contributed by atoms with E-state index in [4.69, 9.17) is 5.11 Å². The summed E-state index contributed by atoms with van der Waals surface area (Å²) in [6.45, 7) is 4.59. The summed E-state index contributed by atoms with van der Waals surface area (Å²) in [6, 6.07) is 3.82. The molecule has 0 radical (unpaired) electrons. The van der Waals surface area contributed by atoms with E-state index in [1.807, 2.05) is 26.0 Å². The van der Waals surface area contributed by atoms with E-state index in [9.17, 15) is 4.79 Å². The van der Waals surface area contributed by atoms with Gasteiger partial charge in [0.25, 0.3) is 0 Å². The van der Waals surface area contributed by atoms with E-state index in [1.54, 1.807) is 0 Å². The summed E-state index contributed by atoms with van der Waals surface area (Å²) < 4.78 is 0. The summed E-state index contributed by atoms with van der Waals surface area (Å²) in [7, 11) is 0. The molecule has 2 heterocycles. The number of hydrogen-bond donors (Lipinski definition) is 3. The largest absolute Gasteiger partial charge is 0.481 e. The molecule has 0 aliphatic carbocycles. The summed E-state index contributed by atoms with van der Waals surface area (Å²) >= 11 is 1.52. The normalized spacial score (nSPS) is 10.6. The fraction of sp³-hybridized carbons (Fsp3) is 0.333. The third kappa shape index (κ3) is 2.89. The van der Waals surface area contributed by atoms with Crippen molar-refractivity contribution in [1.82, 2.24) is 10.2 Å². The highest BCUT2D eigenvalue weighted by molar-refractivity contribution is 7.12. The molecule has 0 fully saturated rings. The van der Waals surface area contributed by atoms with Gasteiger partial charge in [0.2, 0.25) is 0 Å². The molecule has 0 atom stereocenters.